The SMILES string of the molecule is CCCCCOc1ccc(/C=C/C(=O)N[C@H](Cc2ccccc2)C(=O)O)cc1OC. The number of ether oxygens (including phenoxy) is 2. The number of benzene rings is 2. The molecule has 6 heteroatoms. The van der Waals surface area contributed by atoms with Gasteiger partial charge in [-0.15, -0.1) is 0 Å². The molecule has 0 aliphatic rings. The molecule has 0 heterocycles. The highest BCUT2D eigenvalue weighted by Gasteiger charge is 2.19. The van der Waals surface area contributed by atoms with Gasteiger partial charge in [-0.2, -0.15) is 0 Å². The van der Waals surface area contributed by atoms with Crippen LogP contribution in [0.3, 0.4) is 0 Å². The molecule has 6 nitrogen and oxygen atoms in total. The van der Waals surface area contributed by atoms with Crippen LogP contribution in [0.4, 0.5) is 0 Å². The van der Waals surface area contributed by atoms with Crippen molar-refractivity contribution in [1.29, 1.82) is 0 Å². The monoisotopic (exact) mass is 411 g/mol. The summed E-state index contributed by atoms with van der Waals surface area (Å²) in [5.41, 5.74) is 1.59. The summed E-state index contributed by atoms with van der Waals surface area (Å²) in [6, 6.07) is 13.6. The normalized spacial score (nSPS) is 11.8. The molecule has 2 aromatic carbocycles. The van der Waals surface area contributed by atoms with Gasteiger partial charge in [-0.1, -0.05) is 56.2 Å². The second-order valence-corrected chi connectivity index (χ2v) is 6.89. The van der Waals surface area contributed by atoms with Crippen molar-refractivity contribution in [2.75, 3.05) is 13.7 Å². The second-order valence-electron chi connectivity index (χ2n) is 6.89. The van der Waals surface area contributed by atoms with Crippen molar-refractivity contribution in [3.63, 3.8) is 0 Å². The van der Waals surface area contributed by atoms with E-state index in [4.69, 9.17) is 9.47 Å². The number of rotatable bonds is 12. The van der Waals surface area contributed by atoms with E-state index in [-0.39, 0.29) is 6.42 Å². The molecule has 30 heavy (non-hydrogen) atoms. The summed E-state index contributed by atoms with van der Waals surface area (Å²) in [7, 11) is 1.56. The Bertz CT molecular complexity index is 848. The molecule has 0 unspecified atom stereocenters. The maximum atomic E-state index is 12.2. The number of methoxy groups -OCH3 is 1. The highest BCUT2D eigenvalue weighted by molar-refractivity contribution is 5.94. The van der Waals surface area contributed by atoms with Crippen molar-refractivity contribution in [1.82, 2.24) is 5.32 Å². The van der Waals surface area contributed by atoms with E-state index in [2.05, 4.69) is 12.2 Å². The lowest BCUT2D eigenvalue weighted by Crippen LogP contribution is -2.41. The molecule has 1 atom stereocenters. The molecule has 2 aromatic rings. The van der Waals surface area contributed by atoms with Gasteiger partial charge >= 0.3 is 5.97 Å². The smallest absolute Gasteiger partial charge is 0.326 e. The van der Waals surface area contributed by atoms with Crippen molar-refractivity contribution >= 4 is 18.0 Å². The first-order valence-corrected chi connectivity index (χ1v) is 10.1. The molecule has 0 spiro atoms. The van der Waals surface area contributed by atoms with Gasteiger partial charge in [0.2, 0.25) is 5.91 Å². The highest BCUT2D eigenvalue weighted by atomic mass is 16.5. The second kappa shape index (κ2) is 12.3. The topological polar surface area (TPSA) is 84.9 Å². The lowest BCUT2D eigenvalue weighted by molar-refractivity contribution is -0.141. The van der Waals surface area contributed by atoms with Gasteiger partial charge in [-0.3, -0.25) is 4.79 Å². The van der Waals surface area contributed by atoms with Crippen LogP contribution < -0.4 is 14.8 Å². The third kappa shape index (κ3) is 7.62. The van der Waals surface area contributed by atoms with Crippen LogP contribution >= 0.6 is 0 Å². The van der Waals surface area contributed by atoms with Crippen LogP contribution in [0.25, 0.3) is 6.08 Å². The Morgan fingerprint density at radius 3 is 2.53 bits per heavy atom. The van der Waals surface area contributed by atoms with Crippen molar-refractivity contribution < 1.29 is 24.2 Å². The molecule has 0 aliphatic carbocycles. The molecule has 1 amide bonds. The minimum Gasteiger partial charge on any atom is -0.493 e. The van der Waals surface area contributed by atoms with Gasteiger partial charge < -0.3 is 19.9 Å². The molecule has 160 valence electrons. The third-order valence-electron chi connectivity index (χ3n) is 4.52. The highest BCUT2D eigenvalue weighted by Crippen LogP contribution is 2.28. The summed E-state index contributed by atoms with van der Waals surface area (Å²) in [5.74, 6) is -0.311. The summed E-state index contributed by atoms with van der Waals surface area (Å²) >= 11 is 0. The standard InChI is InChI=1S/C24H29NO5/c1-3-4-8-15-30-21-13-11-19(17-22(21)29-2)12-14-23(26)25-20(24(27)28)16-18-9-6-5-7-10-18/h5-7,9-14,17,20H,3-4,8,15-16H2,1-2H3,(H,25,26)(H,27,28)/b14-12+/t20-/m1/s1. The summed E-state index contributed by atoms with van der Waals surface area (Å²) in [6.07, 6.45) is 6.36. The average molecular weight is 411 g/mol. The fourth-order valence-electron chi connectivity index (χ4n) is 2.88. The van der Waals surface area contributed by atoms with Crippen LogP contribution in [-0.2, 0) is 16.0 Å². The first-order chi connectivity index (χ1) is 14.5. The van der Waals surface area contributed by atoms with E-state index in [9.17, 15) is 14.7 Å². The Kier molecular flexibility index (Phi) is 9.45. The number of unbranched alkanes of at least 4 members (excludes halogenated alkanes) is 2. The van der Waals surface area contributed by atoms with Crippen LogP contribution in [-0.4, -0.2) is 36.7 Å². The first-order valence-electron chi connectivity index (χ1n) is 10.1. The number of carboxylic acid groups (broad SMARTS) is 1. The van der Waals surface area contributed by atoms with E-state index >= 15 is 0 Å². The van der Waals surface area contributed by atoms with Gasteiger partial charge in [0.1, 0.15) is 6.04 Å². The Morgan fingerprint density at radius 2 is 1.87 bits per heavy atom. The number of amides is 1. The van der Waals surface area contributed by atoms with Crippen molar-refractivity contribution in [3.8, 4) is 11.5 Å². The van der Waals surface area contributed by atoms with E-state index in [0.29, 0.717) is 18.1 Å². The minimum absolute atomic E-state index is 0.216. The van der Waals surface area contributed by atoms with Crippen LogP contribution in [0, 0.1) is 0 Å². The number of hydrogen-bond acceptors (Lipinski definition) is 4. The molecule has 0 radical (unpaired) electrons. The number of carbonyl (C=O) groups excluding carboxylic acids is 1. The quantitative estimate of drug-likeness (QED) is 0.406. The van der Waals surface area contributed by atoms with E-state index < -0.39 is 17.9 Å². The predicted molar refractivity (Wildman–Crippen MR) is 117 cm³/mol. The number of nitrogens with one attached hydrogen (secondary N) is 1. The average Bonchev–Trinajstić information content (AvgIpc) is 2.76. The van der Waals surface area contributed by atoms with Crippen molar-refractivity contribution in [3.05, 3.63) is 65.7 Å². The largest absolute Gasteiger partial charge is 0.493 e. The molecule has 2 rings (SSSR count). The van der Waals surface area contributed by atoms with Crippen LogP contribution in [0.2, 0.25) is 0 Å². The van der Waals surface area contributed by atoms with Crippen LogP contribution in [0.1, 0.15) is 37.3 Å². The van der Waals surface area contributed by atoms with Crippen molar-refractivity contribution in [2.24, 2.45) is 0 Å². The van der Waals surface area contributed by atoms with Gasteiger partial charge in [0.25, 0.3) is 0 Å². The summed E-state index contributed by atoms with van der Waals surface area (Å²) in [4.78, 5) is 23.7. The lowest BCUT2D eigenvalue weighted by Gasteiger charge is -2.13. The van der Waals surface area contributed by atoms with E-state index in [1.165, 1.54) is 6.08 Å². The van der Waals surface area contributed by atoms with Gasteiger partial charge in [-0.25, -0.2) is 4.79 Å². The molecule has 0 aliphatic heterocycles. The van der Waals surface area contributed by atoms with Crippen LogP contribution in [0.5, 0.6) is 11.5 Å². The Labute approximate surface area is 177 Å². The van der Waals surface area contributed by atoms with E-state index in [0.717, 1.165) is 30.4 Å². The molecule has 0 bridgehead atoms. The Balaban J connectivity index is 1.97. The zero-order valence-corrected chi connectivity index (χ0v) is 17.5. The number of carbonyl (C=O) groups is 2. The molecule has 0 aromatic heterocycles. The fourth-order valence-corrected chi connectivity index (χ4v) is 2.88. The molecular weight excluding hydrogens is 382 g/mol. The predicted octanol–water partition coefficient (Wildman–Crippen LogP) is 4.09. The van der Waals surface area contributed by atoms with Crippen LogP contribution in [0.15, 0.2) is 54.6 Å². The van der Waals surface area contributed by atoms with Crippen molar-refractivity contribution in [2.45, 2.75) is 38.6 Å². The maximum Gasteiger partial charge on any atom is 0.326 e. The number of hydrogen-bond donors (Lipinski definition) is 2. The molecular formula is C24H29NO5. The minimum atomic E-state index is -1.08. The Morgan fingerprint density at radius 1 is 1.10 bits per heavy atom. The van der Waals surface area contributed by atoms with E-state index in [1.807, 2.05) is 36.4 Å². The summed E-state index contributed by atoms with van der Waals surface area (Å²) in [5, 5.41) is 11.9. The number of carboxylic acids is 1. The number of aliphatic carboxylic acids is 1. The summed E-state index contributed by atoms with van der Waals surface area (Å²) < 4.78 is 11.1. The van der Waals surface area contributed by atoms with Gasteiger partial charge in [0.05, 0.1) is 13.7 Å². The maximum absolute atomic E-state index is 12.2. The fraction of sp³-hybridized carbons (Fsp3) is 0.333. The van der Waals surface area contributed by atoms with Gasteiger partial charge in [0, 0.05) is 12.5 Å². The Hall–Kier alpha value is -3.28. The zero-order valence-electron chi connectivity index (χ0n) is 17.5. The molecule has 0 saturated carbocycles. The van der Waals surface area contributed by atoms with Gasteiger partial charge in [-0.05, 0) is 35.8 Å². The lowest BCUT2D eigenvalue weighted by atomic mass is 10.1. The summed E-state index contributed by atoms with van der Waals surface area (Å²) in [6.45, 7) is 2.76. The molecule has 0 saturated heterocycles. The third-order valence-corrected chi connectivity index (χ3v) is 4.52. The van der Waals surface area contributed by atoms with Gasteiger partial charge in [0.15, 0.2) is 11.5 Å². The molecule has 0 fully saturated rings. The van der Waals surface area contributed by atoms with E-state index in [1.54, 1.807) is 25.3 Å². The first kappa shape index (κ1) is 23.0. The zero-order chi connectivity index (χ0) is 21.8. The molecule has 2 N–H and O–H groups in total.